The van der Waals surface area contributed by atoms with Crippen LogP contribution in [0.4, 0.5) is 0 Å². The summed E-state index contributed by atoms with van der Waals surface area (Å²) in [4.78, 5) is 21.9. The molecule has 5 nitrogen and oxygen atoms in total. The number of aryl methyl sites for hydroxylation is 1. The second-order valence-electron chi connectivity index (χ2n) is 5.97. The van der Waals surface area contributed by atoms with E-state index in [1.165, 1.54) is 11.1 Å². The Balaban J connectivity index is 2.20. The molecule has 2 N–H and O–H groups in total. The Labute approximate surface area is 138 Å². The van der Waals surface area contributed by atoms with Crippen LogP contribution in [0.5, 0.6) is 5.75 Å². The number of aliphatic carboxylic acids is 1. The van der Waals surface area contributed by atoms with Gasteiger partial charge in [0.25, 0.3) is 0 Å². The summed E-state index contributed by atoms with van der Waals surface area (Å²) < 4.78 is 5.67. The molecule has 0 aromatic heterocycles. The van der Waals surface area contributed by atoms with Gasteiger partial charge in [-0.2, -0.15) is 0 Å². The van der Waals surface area contributed by atoms with Crippen LogP contribution < -0.4 is 10.1 Å². The highest BCUT2D eigenvalue weighted by molar-refractivity contribution is 5.75. The molecule has 1 aromatic rings. The smallest absolute Gasteiger partial charge is 0.303 e. The Hall–Kier alpha value is -2.04. The van der Waals surface area contributed by atoms with Crippen LogP contribution in [0, 0.1) is 6.92 Å². The van der Waals surface area contributed by atoms with Crippen LogP contribution in [-0.4, -0.2) is 30.1 Å². The Morgan fingerprint density at radius 3 is 2.57 bits per heavy atom. The molecular weight excluding hydrogens is 294 g/mol. The first-order chi connectivity index (χ1) is 10.9. The molecule has 0 bridgehead atoms. The number of hydrogen-bond donors (Lipinski definition) is 2. The van der Waals surface area contributed by atoms with E-state index in [9.17, 15) is 9.59 Å². The lowest BCUT2D eigenvalue weighted by atomic mass is 9.98. The van der Waals surface area contributed by atoms with Crippen LogP contribution in [0.2, 0.25) is 0 Å². The van der Waals surface area contributed by atoms with Gasteiger partial charge in [-0.25, -0.2) is 0 Å². The maximum Gasteiger partial charge on any atom is 0.303 e. The van der Waals surface area contributed by atoms with Crippen LogP contribution >= 0.6 is 0 Å². The lowest BCUT2D eigenvalue weighted by molar-refractivity contribution is -0.137. The molecule has 0 aliphatic rings. The van der Waals surface area contributed by atoms with Crippen molar-refractivity contribution in [3.05, 3.63) is 29.3 Å². The molecule has 0 aliphatic carbocycles. The third kappa shape index (κ3) is 7.68. The molecule has 5 heteroatoms. The molecule has 0 radical (unpaired) electrons. The summed E-state index contributed by atoms with van der Waals surface area (Å²) in [5.41, 5.74) is 2.53. The Bertz CT molecular complexity index is 526. The predicted molar refractivity (Wildman–Crippen MR) is 89.9 cm³/mol. The zero-order chi connectivity index (χ0) is 17.2. The van der Waals surface area contributed by atoms with Crippen molar-refractivity contribution in [2.75, 3.05) is 13.2 Å². The SMILES string of the molecule is Cc1cc(OCCCC(=O)NCCCC(=O)O)ccc1C(C)C. The molecule has 0 heterocycles. The molecule has 0 atom stereocenters. The molecule has 1 rings (SSSR count). The first kappa shape index (κ1) is 19.0. The number of amides is 1. The van der Waals surface area contributed by atoms with Crippen molar-refractivity contribution in [1.29, 1.82) is 0 Å². The fourth-order valence-corrected chi connectivity index (χ4v) is 2.36. The number of carboxylic acids is 1. The van der Waals surface area contributed by atoms with Gasteiger partial charge in [0.15, 0.2) is 0 Å². The minimum atomic E-state index is -0.841. The topological polar surface area (TPSA) is 75.6 Å². The third-order valence-corrected chi connectivity index (χ3v) is 3.57. The van der Waals surface area contributed by atoms with Crippen molar-refractivity contribution in [3.63, 3.8) is 0 Å². The van der Waals surface area contributed by atoms with Gasteiger partial charge in [-0.3, -0.25) is 9.59 Å². The fourth-order valence-electron chi connectivity index (χ4n) is 2.36. The molecule has 128 valence electrons. The van der Waals surface area contributed by atoms with E-state index in [-0.39, 0.29) is 12.3 Å². The average molecular weight is 321 g/mol. The average Bonchev–Trinajstić information content (AvgIpc) is 2.47. The van der Waals surface area contributed by atoms with Gasteiger partial charge >= 0.3 is 5.97 Å². The number of carbonyl (C=O) groups is 2. The largest absolute Gasteiger partial charge is 0.494 e. The number of hydrogen-bond acceptors (Lipinski definition) is 3. The van der Waals surface area contributed by atoms with Gasteiger partial charge in [-0.05, 0) is 48.9 Å². The molecule has 0 aliphatic heterocycles. The third-order valence-electron chi connectivity index (χ3n) is 3.57. The lowest BCUT2D eigenvalue weighted by Gasteiger charge is -2.12. The number of rotatable bonds is 10. The van der Waals surface area contributed by atoms with Crippen LogP contribution in [-0.2, 0) is 9.59 Å². The summed E-state index contributed by atoms with van der Waals surface area (Å²) >= 11 is 0. The predicted octanol–water partition coefficient (Wildman–Crippen LogP) is 3.26. The molecule has 0 unspecified atom stereocenters. The van der Waals surface area contributed by atoms with Gasteiger partial charge < -0.3 is 15.2 Å². The second-order valence-corrected chi connectivity index (χ2v) is 5.97. The van der Waals surface area contributed by atoms with Crippen LogP contribution in [0.3, 0.4) is 0 Å². The van der Waals surface area contributed by atoms with E-state index >= 15 is 0 Å². The van der Waals surface area contributed by atoms with Crippen LogP contribution in [0.15, 0.2) is 18.2 Å². The molecule has 1 amide bonds. The van der Waals surface area contributed by atoms with Crippen molar-refractivity contribution < 1.29 is 19.4 Å². The van der Waals surface area contributed by atoms with Gasteiger partial charge in [0.1, 0.15) is 5.75 Å². The number of nitrogens with one attached hydrogen (secondary N) is 1. The number of carboxylic acid groups (broad SMARTS) is 1. The van der Waals surface area contributed by atoms with Gasteiger partial charge in [-0.15, -0.1) is 0 Å². The van der Waals surface area contributed by atoms with Crippen molar-refractivity contribution in [3.8, 4) is 5.75 Å². The maximum atomic E-state index is 11.6. The monoisotopic (exact) mass is 321 g/mol. The van der Waals surface area contributed by atoms with Crippen molar-refractivity contribution >= 4 is 11.9 Å². The highest BCUT2D eigenvalue weighted by Gasteiger charge is 2.05. The Morgan fingerprint density at radius 1 is 1.22 bits per heavy atom. The van der Waals surface area contributed by atoms with Gasteiger partial charge in [0.05, 0.1) is 6.61 Å². The van der Waals surface area contributed by atoms with E-state index in [1.54, 1.807) is 0 Å². The summed E-state index contributed by atoms with van der Waals surface area (Å²) in [5.74, 6) is 0.416. The van der Waals surface area contributed by atoms with Crippen LogP contribution in [0.1, 0.15) is 56.6 Å². The highest BCUT2D eigenvalue weighted by Crippen LogP contribution is 2.23. The normalized spacial score (nSPS) is 10.6. The molecule has 0 saturated heterocycles. The number of ether oxygens (including phenoxy) is 1. The van der Waals surface area contributed by atoms with Crippen molar-refractivity contribution in [1.82, 2.24) is 5.32 Å². The van der Waals surface area contributed by atoms with Gasteiger partial charge in [0.2, 0.25) is 5.91 Å². The van der Waals surface area contributed by atoms with Crippen LogP contribution in [0.25, 0.3) is 0 Å². The second kappa shape index (κ2) is 9.87. The minimum absolute atomic E-state index is 0.0645. The zero-order valence-corrected chi connectivity index (χ0v) is 14.2. The summed E-state index contributed by atoms with van der Waals surface area (Å²) in [6.07, 6.45) is 1.56. The zero-order valence-electron chi connectivity index (χ0n) is 14.2. The number of benzene rings is 1. The summed E-state index contributed by atoms with van der Waals surface area (Å²) in [5, 5.41) is 11.2. The molecular formula is C18H27NO4. The van der Waals surface area contributed by atoms with E-state index in [0.717, 1.165) is 5.75 Å². The maximum absolute atomic E-state index is 11.6. The lowest BCUT2D eigenvalue weighted by Crippen LogP contribution is -2.25. The number of carbonyl (C=O) groups excluding carboxylic acids is 1. The molecule has 0 fully saturated rings. The van der Waals surface area contributed by atoms with Crippen molar-refractivity contribution in [2.45, 2.75) is 52.4 Å². The summed E-state index contributed by atoms with van der Waals surface area (Å²) in [7, 11) is 0. The molecule has 0 saturated carbocycles. The Morgan fingerprint density at radius 2 is 1.96 bits per heavy atom. The quantitative estimate of drug-likeness (QED) is 0.649. The summed E-state index contributed by atoms with van der Waals surface area (Å²) in [6.45, 7) is 7.30. The highest BCUT2D eigenvalue weighted by atomic mass is 16.5. The molecule has 0 spiro atoms. The fraction of sp³-hybridized carbons (Fsp3) is 0.556. The first-order valence-electron chi connectivity index (χ1n) is 8.12. The molecule has 1 aromatic carbocycles. The van der Waals surface area contributed by atoms with E-state index in [4.69, 9.17) is 9.84 Å². The van der Waals surface area contributed by atoms with Crippen molar-refractivity contribution in [2.24, 2.45) is 0 Å². The minimum Gasteiger partial charge on any atom is -0.494 e. The van der Waals surface area contributed by atoms with Gasteiger partial charge in [-0.1, -0.05) is 19.9 Å². The van der Waals surface area contributed by atoms with E-state index in [2.05, 4.69) is 32.2 Å². The standard InChI is InChI=1S/C18H27NO4/c1-13(2)16-9-8-15(12-14(16)3)23-11-5-6-17(20)19-10-4-7-18(21)22/h8-9,12-13H,4-7,10-11H2,1-3H3,(H,19,20)(H,21,22). The first-order valence-corrected chi connectivity index (χ1v) is 8.12. The van der Waals surface area contributed by atoms with E-state index in [1.807, 2.05) is 12.1 Å². The van der Waals surface area contributed by atoms with E-state index in [0.29, 0.717) is 38.3 Å². The van der Waals surface area contributed by atoms with E-state index < -0.39 is 5.97 Å². The summed E-state index contributed by atoms with van der Waals surface area (Å²) in [6, 6.07) is 6.08. The Kier molecular flexibility index (Phi) is 8.16. The van der Waals surface area contributed by atoms with Gasteiger partial charge in [0, 0.05) is 19.4 Å². The molecule has 23 heavy (non-hydrogen) atoms.